The molecule has 0 radical (unpaired) electrons. The molecule has 0 spiro atoms. The van der Waals surface area contributed by atoms with Crippen LogP contribution in [0.15, 0.2) is 15.6 Å². The molecular weight excluding hydrogens is 314 g/mol. The fourth-order valence-electron chi connectivity index (χ4n) is 3.41. The third kappa shape index (κ3) is 6.03. The average Bonchev–Trinajstić information content (AvgIpc) is 3.28. The number of hydrogen-bond acceptors (Lipinski definition) is 4. The summed E-state index contributed by atoms with van der Waals surface area (Å²) in [5.74, 6) is 2.88. The van der Waals surface area contributed by atoms with Crippen LogP contribution in [0, 0.1) is 5.92 Å². The van der Waals surface area contributed by atoms with Crippen LogP contribution in [-0.4, -0.2) is 48.7 Å². The molecule has 0 saturated carbocycles. The Morgan fingerprint density at radius 3 is 2.76 bits per heavy atom. The van der Waals surface area contributed by atoms with E-state index in [2.05, 4.69) is 59.4 Å². The highest BCUT2D eigenvalue weighted by molar-refractivity contribution is 5.79. The molecule has 1 aliphatic rings. The zero-order valence-electron chi connectivity index (χ0n) is 16.3. The normalized spacial score (nSPS) is 18.9. The molecule has 1 saturated heterocycles. The summed E-state index contributed by atoms with van der Waals surface area (Å²) in [5, 5.41) is 11.0. The average molecular weight is 350 g/mol. The van der Waals surface area contributed by atoms with Crippen molar-refractivity contribution in [3.63, 3.8) is 0 Å². The van der Waals surface area contributed by atoms with Gasteiger partial charge in [0.1, 0.15) is 6.54 Å². The fraction of sp³-hybridized carbons (Fsp3) is 0.789. The van der Waals surface area contributed by atoms with Crippen LogP contribution in [0.2, 0.25) is 0 Å². The first kappa shape index (κ1) is 19.8. The molecule has 1 fully saturated rings. The van der Waals surface area contributed by atoms with Gasteiger partial charge in [0.25, 0.3) is 0 Å². The quantitative estimate of drug-likeness (QED) is 0.530. The number of nitrogens with zero attached hydrogens (tertiary/aromatic N) is 3. The van der Waals surface area contributed by atoms with Crippen molar-refractivity contribution in [2.24, 2.45) is 10.9 Å². The fourth-order valence-corrected chi connectivity index (χ4v) is 3.41. The van der Waals surface area contributed by atoms with E-state index in [1.165, 1.54) is 19.5 Å². The zero-order chi connectivity index (χ0) is 18.1. The first-order valence-electron chi connectivity index (χ1n) is 9.90. The molecule has 2 rings (SSSR count). The third-order valence-corrected chi connectivity index (χ3v) is 5.09. The Bertz CT molecular complexity index is 524. The Labute approximate surface area is 152 Å². The van der Waals surface area contributed by atoms with Crippen LogP contribution in [-0.2, 0) is 6.54 Å². The van der Waals surface area contributed by atoms with E-state index >= 15 is 0 Å². The molecule has 25 heavy (non-hydrogen) atoms. The molecule has 2 N–H and O–H groups in total. The van der Waals surface area contributed by atoms with Crippen molar-refractivity contribution in [3.05, 3.63) is 17.5 Å². The van der Waals surface area contributed by atoms with Crippen molar-refractivity contribution in [1.29, 1.82) is 0 Å². The van der Waals surface area contributed by atoms with Crippen LogP contribution in [0.1, 0.15) is 64.3 Å². The molecular formula is C19H35N5O. The molecule has 6 nitrogen and oxygen atoms in total. The Morgan fingerprint density at radius 2 is 2.12 bits per heavy atom. The summed E-state index contributed by atoms with van der Waals surface area (Å²) in [7, 11) is 0. The smallest absolute Gasteiger partial charge is 0.191 e. The topological polar surface area (TPSA) is 65.7 Å². The van der Waals surface area contributed by atoms with Crippen LogP contribution < -0.4 is 10.6 Å². The van der Waals surface area contributed by atoms with E-state index in [9.17, 15) is 0 Å². The molecule has 1 atom stereocenters. The van der Waals surface area contributed by atoms with Gasteiger partial charge in [0, 0.05) is 31.6 Å². The predicted molar refractivity (Wildman–Crippen MR) is 103 cm³/mol. The first-order valence-corrected chi connectivity index (χ1v) is 9.90. The van der Waals surface area contributed by atoms with Crippen LogP contribution in [0.5, 0.6) is 0 Å². The largest absolute Gasteiger partial charge is 0.359 e. The Balaban J connectivity index is 1.86. The molecule has 0 bridgehead atoms. The number of aromatic nitrogens is 1. The highest BCUT2D eigenvalue weighted by Crippen LogP contribution is 2.22. The lowest BCUT2D eigenvalue weighted by atomic mass is 9.99. The number of likely N-dealkylation sites (tertiary alicyclic amines) is 1. The van der Waals surface area contributed by atoms with E-state index in [0.717, 1.165) is 49.9 Å². The summed E-state index contributed by atoms with van der Waals surface area (Å²) >= 11 is 0. The lowest BCUT2D eigenvalue weighted by Crippen LogP contribution is -2.40. The van der Waals surface area contributed by atoms with Crippen LogP contribution in [0.4, 0.5) is 0 Å². The van der Waals surface area contributed by atoms with E-state index in [-0.39, 0.29) is 0 Å². The summed E-state index contributed by atoms with van der Waals surface area (Å²) in [6.07, 6.45) is 3.44. The molecule has 1 unspecified atom stereocenters. The number of rotatable bonds is 9. The number of hydrogen-bond donors (Lipinski definition) is 2. The summed E-state index contributed by atoms with van der Waals surface area (Å²) in [4.78, 5) is 7.16. The molecule has 0 amide bonds. The van der Waals surface area contributed by atoms with Gasteiger partial charge in [-0.05, 0) is 45.2 Å². The van der Waals surface area contributed by atoms with E-state index in [1.807, 2.05) is 0 Å². The molecule has 1 aliphatic heterocycles. The van der Waals surface area contributed by atoms with Crippen molar-refractivity contribution in [1.82, 2.24) is 20.7 Å². The lowest BCUT2D eigenvalue weighted by molar-refractivity contribution is 0.341. The third-order valence-electron chi connectivity index (χ3n) is 5.09. The minimum absolute atomic E-state index is 0.483. The van der Waals surface area contributed by atoms with Gasteiger partial charge in [-0.1, -0.05) is 25.9 Å². The van der Waals surface area contributed by atoms with E-state index < -0.39 is 0 Å². The Hall–Kier alpha value is -1.56. The van der Waals surface area contributed by atoms with Gasteiger partial charge in [0.05, 0.1) is 5.69 Å². The van der Waals surface area contributed by atoms with E-state index in [0.29, 0.717) is 18.4 Å². The monoisotopic (exact) mass is 349 g/mol. The second-order valence-electron chi connectivity index (χ2n) is 6.86. The maximum absolute atomic E-state index is 5.47. The van der Waals surface area contributed by atoms with Gasteiger partial charge in [-0.2, -0.15) is 0 Å². The van der Waals surface area contributed by atoms with Gasteiger partial charge >= 0.3 is 0 Å². The predicted octanol–water partition coefficient (Wildman–Crippen LogP) is 2.98. The van der Waals surface area contributed by atoms with Crippen LogP contribution in [0.3, 0.4) is 0 Å². The number of guanidine groups is 1. The Morgan fingerprint density at radius 1 is 1.32 bits per heavy atom. The van der Waals surface area contributed by atoms with Gasteiger partial charge in [-0.3, -0.25) is 0 Å². The van der Waals surface area contributed by atoms with Gasteiger partial charge in [-0.15, -0.1) is 0 Å². The van der Waals surface area contributed by atoms with E-state index in [1.54, 1.807) is 0 Å². The van der Waals surface area contributed by atoms with Crippen LogP contribution >= 0.6 is 0 Å². The minimum Gasteiger partial charge on any atom is -0.359 e. The maximum Gasteiger partial charge on any atom is 0.191 e. The highest BCUT2D eigenvalue weighted by atomic mass is 16.5. The van der Waals surface area contributed by atoms with E-state index in [4.69, 9.17) is 4.52 Å². The number of aliphatic imine (C=N–C) groups is 1. The van der Waals surface area contributed by atoms with Crippen molar-refractivity contribution in [2.45, 2.75) is 59.4 Å². The molecule has 2 heterocycles. The molecule has 1 aromatic heterocycles. The SMILES string of the molecule is CCNC(=NCc1cc(C(CC)CC)no1)NCC1CCN(CC)C1. The molecule has 0 aromatic carbocycles. The lowest BCUT2D eigenvalue weighted by Gasteiger charge is -2.16. The van der Waals surface area contributed by atoms with Gasteiger partial charge in [0.2, 0.25) is 0 Å². The second-order valence-corrected chi connectivity index (χ2v) is 6.86. The number of nitrogens with one attached hydrogen (secondary N) is 2. The van der Waals surface area contributed by atoms with Crippen molar-refractivity contribution in [2.75, 3.05) is 32.7 Å². The van der Waals surface area contributed by atoms with Gasteiger partial charge in [-0.25, -0.2) is 4.99 Å². The zero-order valence-corrected chi connectivity index (χ0v) is 16.3. The summed E-state index contributed by atoms with van der Waals surface area (Å²) in [6, 6.07) is 2.06. The molecule has 142 valence electrons. The Kier molecular flexibility index (Phi) is 8.25. The van der Waals surface area contributed by atoms with Crippen molar-refractivity contribution >= 4 is 5.96 Å². The molecule has 0 aliphatic carbocycles. The van der Waals surface area contributed by atoms with Gasteiger partial charge in [0.15, 0.2) is 11.7 Å². The summed E-state index contributed by atoms with van der Waals surface area (Å²) in [6.45, 7) is 14.6. The summed E-state index contributed by atoms with van der Waals surface area (Å²) in [5.41, 5.74) is 1.05. The standard InChI is InChI=1S/C19H35N5O/c1-5-16(6-2)18-11-17(25-23-18)13-22-19(20-7-3)21-12-15-9-10-24(8-4)14-15/h11,15-16H,5-10,12-14H2,1-4H3,(H2,20,21,22). The second kappa shape index (κ2) is 10.4. The summed E-state index contributed by atoms with van der Waals surface area (Å²) < 4.78 is 5.47. The van der Waals surface area contributed by atoms with Crippen molar-refractivity contribution in [3.8, 4) is 0 Å². The van der Waals surface area contributed by atoms with Crippen LogP contribution in [0.25, 0.3) is 0 Å². The van der Waals surface area contributed by atoms with Crippen molar-refractivity contribution < 1.29 is 4.52 Å². The van der Waals surface area contributed by atoms with Gasteiger partial charge < -0.3 is 20.1 Å². The molecule has 1 aromatic rings. The maximum atomic E-state index is 5.47. The highest BCUT2D eigenvalue weighted by Gasteiger charge is 2.21. The first-order chi connectivity index (χ1) is 12.2. The molecule has 6 heteroatoms. The minimum atomic E-state index is 0.483.